The molecule has 0 aromatic rings. The first-order valence-corrected chi connectivity index (χ1v) is 8.65. The van der Waals surface area contributed by atoms with E-state index in [1.54, 1.807) is 12.2 Å². The van der Waals surface area contributed by atoms with Gasteiger partial charge < -0.3 is 5.11 Å². The largest absolute Gasteiger partial charge is 0.478 e. The van der Waals surface area contributed by atoms with Gasteiger partial charge in [-0.15, -0.1) is 0 Å². The van der Waals surface area contributed by atoms with Gasteiger partial charge in [0.25, 0.3) is 0 Å². The molecule has 0 rings (SSSR count). The second-order valence-corrected chi connectivity index (χ2v) is 5.22. The molecule has 0 atom stereocenters. The van der Waals surface area contributed by atoms with Crippen LogP contribution < -0.4 is 0 Å². The Morgan fingerprint density at radius 3 is 1.88 bits per heavy atom. The lowest BCUT2D eigenvalue weighted by Crippen LogP contribution is -1.84. The van der Waals surface area contributed by atoms with Gasteiger partial charge in [0.15, 0.2) is 0 Å². The molecular weight excluding hydrogens is 296 g/mol. The molecule has 0 saturated heterocycles. The molecule has 24 heavy (non-hydrogen) atoms. The monoisotopic (exact) mass is 326 g/mol. The molecule has 0 spiro atoms. The number of allylic oxidation sites excluding steroid dienone is 13. The van der Waals surface area contributed by atoms with Crippen LogP contribution in [0.15, 0.2) is 85.1 Å². The van der Waals surface area contributed by atoms with E-state index in [1.165, 1.54) is 38.2 Å². The smallest absolute Gasteiger partial charge is 0.328 e. The SMILES string of the molecule is CCCCCCC=CC=CCC=CC=CC=CC=C/C=C\C(=O)O. The molecule has 2 heteroatoms. The average Bonchev–Trinajstić information content (AvgIpc) is 2.56. The fourth-order valence-corrected chi connectivity index (χ4v) is 1.78. The standard InChI is InChI=1S/C22H30O2/c1-2-3-4-5-6-7-8-9-10-11-12-13-14-15-16-17-18-19-20-21-22(23)24/h7-10,12-21H,2-6,11H2,1H3,(H,23,24)/b8-7?,10-9?,13-12?,15-14?,17-16?,19-18?,21-20-. The van der Waals surface area contributed by atoms with Crippen LogP contribution in [0.4, 0.5) is 0 Å². The summed E-state index contributed by atoms with van der Waals surface area (Å²) in [5.74, 6) is -0.940. The highest BCUT2D eigenvalue weighted by atomic mass is 16.4. The minimum absolute atomic E-state index is 0.925. The Morgan fingerprint density at radius 2 is 1.25 bits per heavy atom. The summed E-state index contributed by atoms with van der Waals surface area (Å²) in [5, 5.41) is 8.39. The quantitative estimate of drug-likeness (QED) is 0.244. The normalized spacial score (nSPS) is 13.4. The van der Waals surface area contributed by atoms with Crippen LogP contribution in [0, 0.1) is 0 Å². The minimum Gasteiger partial charge on any atom is -0.478 e. The molecule has 130 valence electrons. The molecule has 0 aromatic heterocycles. The van der Waals surface area contributed by atoms with E-state index in [1.807, 2.05) is 30.4 Å². The van der Waals surface area contributed by atoms with Crippen molar-refractivity contribution in [2.45, 2.75) is 45.4 Å². The van der Waals surface area contributed by atoms with Gasteiger partial charge >= 0.3 is 5.97 Å². The lowest BCUT2D eigenvalue weighted by atomic mass is 10.1. The van der Waals surface area contributed by atoms with Crippen LogP contribution >= 0.6 is 0 Å². The van der Waals surface area contributed by atoms with Crippen LogP contribution in [0.3, 0.4) is 0 Å². The van der Waals surface area contributed by atoms with Gasteiger partial charge in [0.1, 0.15) is 0 Å². The fourth-order valence-electron chi connectivity index (χ4n) is 1.78. The van der Waals surface area contributed by atoms with Gasteiger partial charge in [-0.25, -0.2) is 4.79 Å². The Morgan fingerprint density at radius 1 is 0.708 bits per heavy atom. The summed E-state index contributed by atoms with van der Waals surface area (Å²) in [6, 6.07) is 0. The molecule has 0 aliphatic heterocycles. The Kier molecular flexibility index (Phi) is 16.9. The molecule has 0 radical (unpaired) electrons. The number of hydrogen-bond acceptors (Lipinski definition) is 1. The van der Waals surface area contributed by atoms with E-state index < -0.39 is 5.97 Å². The predicted octanol–water partition coefficient (Wildman–Crippen LogP) is 6.32. The number of carbonyl (C=O) groups is 1. The molecule has 0 amide bonds. The zero-order valence-electron chi connectivity index (χ0n) is 14.7. The van der Waals surface area contributed by atoms with E-state index in [2.05, 4.69) is 37.3 Å². The highest BCUT2D eigenvalue weighted by Gasteiger charge is 1.83. The van der Waals surface area contributed by atoms with Crippen molar-refractivity contribution in [1.82, 2.24) is 0 Å². The third-order valence-electron chi connectivity index (χ3n) is 3.03. The third kappa shape index (κ3) is 19.7. The number of unbranched alkanes of at least 4 members (excludes halogenated alkanes) is 4. The molecule has 0 saturated carbocycles. The molecule has 0 aromatic carbocycles. The van der Waals surface area contributed by atoms with Crippen molar-refractivity contribution in [3.8, 4) is 0 Å². The van der Waals surface area contributed by atoms with E-state index in [4.69, 9.17) is 5.11 Å². The minimum atomic E-state index is -0.940. The van der Waals surface area contributed by atoms with Crippen LogP contribution in [0.1, 0.15) is 45.4 Å². The number of hydrogen-bond donors (Lipinski definition) is 1. The molecule has 0 bridgehead atoms. The summed E-state index contributed by atoms with van der Waals surface area (Å²) in [4.78, 5) is 10.2. The zero-order valence-corrected chi connectivity index (χ0v) is 14.7. The van der Waals surface area contributed by atoms with Crippen molar-refractivity contribution in [3.05, 3.63) is 85.1 Å². The topological polar surface area (TPSA) is 37.3 Å². The second-order valence-electron chi connectivity index (χ2n) is 5.22. The maximum Gasteiger partial charge on any atom is 0.328 e. The van der Waals surface area contributed by atoms with E-state index in [0.717, 1.165) is 12.5 Å². The summed E-state index contributed by atoms with van der Waals surface area (Å²) in [7, 11) is 0. The molecule has 0 fully saturated rings. The van der Waals surface area contributed by atoms with Gasteiger partial charge in [-0.2, -0.15) is 0 Å². The summed E-state index contributed by atoms with van der Waals surface area (Å²) in [5.41, 5.74) is 0. The van der Waals surface area contributed by atoms with Crippen molar-refractivity contribution >= 4 is 5.97 Å². The highest BCUT2D eigenvalue weighted by Crippen LogP contribution is 2.02. The van der Waals surface area contributed by atoms with Crippen LogP contribution in [-0.2, 0) is 4.79 Å². The Bertz CT molecular complexity index is 500. The third-order valence-corrected chi connectivity index (χ3v) is 3.03. The van der Waals surface area contributed by atoms with Crippen LogP contribution in [-0.4, -0.2) is 11.1 Å². The number of aliphatic carboxylic acids is 1. The predicted molar refractivity (Wildman–Crippen MR) is 105 cm³/mol. The number of carboxylic acid groups (broad SMARTS) is 1. The Balaban J connectivity index is 3.68. The van der Waals surface area contributed by atoms with Gasteiger partial charge in [0.05, 0.1) is 0 Å². The first-order valence-electron chi connectivity index (χ1n) is 8.65. The van der Waals surface area contributed by atoms with Gasteiger partial charge in [-0.1, -0.05) is 105 Å². The van der Waals surface area contributed by atoms with Crippen molar-refractivity contribution in [1.29, 1.82) is 0 Å². The summed E-state index contributed by atoms with van der Waals surface area (Å²) in [6.45, 7) is 2.23. The highest BCUT2D eigenvalue weighted by molar-refractivity contribution is 5.80. The average molecular weight is 326 g/mol. The lowest BCUT2D eigenvalue weighted by Gasteiger charge is -1.92. The van der Waals surface area contributed by atoms with Crippen LogP contribution in [0.5, 0.6) is 0 Å². The maximum absolute atomic E-state index is 10.2. The summed E-state index contributed by atoms with van der Waals surface area (Å²) in [6.07, 6.45) is 33.8. The van der Waals surface area contributed by atoms with Crippen molar-refractivity contribution in [2.24, 2.45) is 0 Å². The summed E-state index contributed by atoms with van der Waals surface area (Å²) >= 11 is 0. The van der Waals surface area contributed by atoms with E-state index in [-0.39, 0.29) is 0 Å². The van der Waals surface area contributed by atoms with Gasteiger partial charge in [0, 0.05) is 6.08 Å². The molecule has 0 heterocycles. The Hall–Kier alpha value is -2.35. The zero-order chi connectivity index (χ0) is 17.7. The van der Waals surface area contributed by atoms with Gasteiger partial charge in [-0.05, 0) is 19.3 Å². The van der Waals surface area contributed by atoms with Crippen LogP contribution in [0.25, 0.3) is 0 Å². The summed E-state index contributed by atoms with van der Waals surface area (Å²) < 4.78 is 0. The van der Waals surface area contributed by atoms with Crippen molar-refractivity contribution in [2.75, 3.05) is 0 Å². The van der Waals surface area contributed by atoms with E-state index in [0.29, 0.717) is 0 Å². The van der Waals surface area contributed by atoms with Crippen molar-refractivity contribution < 1.29 is 9.90 Å². The van der Waals surface area contributed by atoms with Crippen molar-refractivity contribution in [3.63, 3.8) is 0 Å². The lowest BCUT2D eigenvalue weighted by molar-refractivity contribution is -0.131. The molecule has 1 N–H and O–H groups in total. The molecule has 0 aliphatic rings. The Labute approximate surface area is 147 Å². The van der Waals surface area contributed by atoms with Gasteiger partial charge in [-0.3, -0.25) is 0 Å². The molecule has 0 aliphatic carbocycles. The molecule has 0 unspecified atom stereocenters. The van der Waals surface area contributed by atoms with Crippen LogP contribution in [0.2, 0.25) is 0 Å². The second kappa shape index (κ2) is 18.7. The number of rotatable bonds is 13. The van der Waals surface area contributed by atoms with E-state index in [9.17, 15) is 4.79 Å². The number of carboxylic acids is 1. The first-order chi connectivity index (χ1) is 11.8. The molecular formula is C22H30O2. The first kappa shape index (κ1) is 21.6. The maximum atomic E-state index is 10.2. The fraction of sp³-hybridized carbons (Fsp3) is 0.318. The van der Waals surface area contributed by atoms with E-state index >= 15 is 0 Å². The van der Waals surface area contributed by atoms with Gasteiger partial charge in [0.2, 0.25) is 0 Å². The molecule has 2 nitrogen and oxygen atoms in total.